The molecule has 0 aliphatic carbocycles. The van der Waals surface area contributed by atoms with Gasteiger partial charge >= 0.3 is 6.03 Å². The van der Waals surface area contributed by atoms with Crippen LogP contribution in [0.5, 0.6) is 0 Å². The van der Waals surface area contributed by atoms with E-state index < -0.39 is 0 Å². The number of amides is 2. The van der Waals surface area contributed by atoms with Gasteiger partial charge in [-0.2, -0.15) is 0 Å². The first-order chi connectivity index (χ1) is 8.60. The zero-order chi connectivity index (χ0) is 13.5. The van der Waals surface area contributed by atoms with Gasteiger partial charge in [0.25, 0.3) is 0 Å². The van der Waals surface area contributed by atoms with Crippen LogP contribution < -0.4 is 5.32 Å². The van der Waals surface area contributed by atoms with Crippen LogP contribution in [0.1, 0.15) is 18.1 Å². The first-order valence-corrected chi connectivity index (χ1v) is 6.19. The largest absolute Gasteiger partial charge is 0.383 e. The van der Waals surface area contributed by atoms with Crippen molar-refractivity contribution in [3.8, 4) is 0 Å². The molecular weight excluding hydrogens is 228 g/mol. The van der Waals surface area contributed by atoms with E-state index in [0.29, 0.717) is 13.2 Å². The Labute approximate surface area is 109 Å². The zero-order valence-electron chi connectivity index (χ0n) is 11.6. The SMILES string of the molecule is CCc1cccc(C)c1NC(=O)N(C)CCOC. The first kappa shape index (κ1) is 14.5. The van der Waals surface area contributed by atoms with Gasteiger partial charge in [0.2, 0.25) is 0 Å². The maximum atomic E-state index is 12.0. The summed E-state index contributed by atoms with van der Waals surface area (Å²) in [5, 5.41) is 2.97. The number of benzene rings is 1. The molecule has 100 valence electrons. The Morgan fingerprint density at radius 3 is 2.78 bits per heavy atom. The molecular formula is C14H22N2O2. The quantitative estimate of drug-likeness (QED) is 0.873. The van der Waals surface area contributed by atoms with Crippen molar-refractivity contribution in [2.45, 2.75) is 20.3 Å². The molecule has 0 atom stereocenters. The fraction of sp³-hybridized carbons (Fsp3) is 0.500. The fourth-order valence-electron chi connectivity index (χ4n) is 1.73. The predicted molar refractivity (Wildman–Crippen MR) is 74.1 cm³/mol. The van der Waals surface area contributed by atoms with Crippen LogP contribution in [-0.4, -0.2) is 38.2 Å². The number of nitrogens with one attached hydrogen (secondary N) is 1. The number of hydrogen-bond donors (Lipinski definition) is 1. The molecule has 0 saturated carbocycles. The Hall–Kier alpha value is -1.55. The number of urea groups is 1. The van der Waals surface area contributed by atoms with Crippen molar-refractivity contribution in [1.29, 1.82) is 0 Å². The van der Waals surface area contributed by atoms with E-state index in [1.54, 1.807) is 19.1 Å². The molecule has 0 bridgehead atoms. The minimum atomic E-state index is -0.101. The van der Waals surface area contributed by atoms with Crippen molar-refractivity contribution in [3.05, 3.63) is 29.3 Å². The minimum Gasteiger partial charge on any atom is -0.383 e. The molecule has 0 fully saturated rings. The lowest BCUT2D eigenvalue weighted by molar-refractivity contribution is 0.165. The Kier molecular flexibility index (Phi) is 5.65. The van der Waals surface area contributed by atoms with E-state index in [9.17, 15) is 4.79 Å². The number of likely N-dealkylation sites (N-methyl/N-ethyl adjacent to an activating group) is 1. The number of para-hydroxylation sites is 1. The molecule has 0 aliphatic heterocycles. The summed E-state index contributed by atoms with van der Waals surface area (Å²) in [6, 6.07) is 5.95. The summed E-state index contributed by atoms with van der Waals surface area (Å²) in [6.07, 6.45) is 0.902. The normalized spacial score (nSPS) is 10.2. The highest BCUT2D eigenvalue weighted by Gasteiger charge is 2.11. The number of hydrogen-bond acceptors (Lipinski definition) is 2. The molecule has 0 saturated heterocycles. The lowest BCUT2D eigenvalue weighted by Gasteiger charge is -2.20. The van der Waals surface area contributed by atoms with Gasteiger partial charge in [-0.3, -0.25) is 0 Å². The van der Waals surface area contributed by atoms with Crippen molar-refractivity contribution >= 4 is 11.7 Å². The first-order valence-electron chi connectivity index (χ1n) is 6.19. The topological polar surface area (TPSA) is 41.6 Å². The predicted octanol–water partition coefficient (Wildman–Crippen LogP) is 2.67. The van der Waals surface area contributed by atoms with E-state index in [4.69, 9.17) is 4.74 Å². The van der Waals surface area contributed by atoms with Gasteiger partial charge in [0.05, 0.1) is 6.61 Å². The second-order valence-electron chi connectivity index (χ2n) is 4.31. The van der Waals surface area contributed by atoms with E-state index in [2.05, 4.69) is 12.2 Å². The maximum absolute atomic E-state index is 12.0. The van der Waals surface area contributed by atoms with Crippen LogP contribution in [0.15, 0.2) is 18.2 Å². The van der Waals surface area contributed by atoms with Crippen LogP contribution in [0.4, 0.5) is 10.5 Å². The summed E-state index contributed by atoms with van der Waals surface area (Å²) >= 11 is 0. The molecule has 1 N–H and O–H groups in total. The summed E-state index contributed by atoms with van der Waals surface area (Å²) in [5.74, 6) is 0. The molecule has 4 heteroatoms. The van der Waals surface area contributed by atoms with Crippen LogP contribution in [-0.2, 0) is 11.2 Å². The van der Waals surface area contributed by atoms with Gasteiger partial charge in [-0.25, -0.2) is 4.79 Å². The summed E-state index contributed by atoms with van der Waals surface area (Å²) in [6.45, 7) is 5.21. The molecule has 0 spiro atoms. The van der Waals surface area contributed by atoms with Gasteiger partial charge in [-0.1, -0.05) is 25.1 Å². The summed E-state index contributed by atoms with van der Waals surface area (Å²) in [4.78, 5) is 13.6. The lowest BCUT2D eigenvalue weighted by atomic mass is 10.1. The van der Waals surface area contributed by atoms with Gasteiger partial charge in [-0.05, 0) is 24.5 Å². The van der Waals surface area contributed by atoms with Crippen molar-refractivity contribution < 1.29 is 9.53 Å². The van der Waals surface area contributed by atoms with Crippen molar-refractivity contribution in [2.24, 2.45) is 0 Å². The molecule has 0 heterocycles. The molecule has 0 radical (unpaired) electrons. The standard InChI is InChI=1S/C14H22N2O2/c1-5-12-8-6-7-11(2)13(12)15-14(17)16(3)9-10-18-4/h6-8H,5,9-10H2,1-4H3,(H,15,17). The number of aryl methyl sites for hydroxylation is 2. The summed E-state index contributed by atoms with van der Waals surface area (Å²) < 4.78 is 4.96. The molecule has 18 heavy (non-hydrogen) atoms. The van der Waals surface area contributed by atoms with Gasteiger partial charge in [0.15, 0.2) is 0 Å². The van der Waals surface area contributed by atoms with Crippen molar-refractivity contribution in [2.75, 3.05) is 32.6 Å². The number of nitrogens with zero attached hydrogens (tertiary/aromatic N) is 1. The molecule has 1 aromatic rings. The molecule has 2 amide bonds. The molecule has 0 aliphatic rings. The highest BCUT2D eigenvalue weighted by Crippen LogP contribution is 2.21. The van der Waals surface area contributed by atoms with Gasteiger partial charge in [0, 0.05) is 26.4 Å². The maximum Gasteiger partial charge on any atom is 0.321 e. The molecule has 1 rings (SSSR count). The Balaban J connectivity index is 2.75. The number of rotatable bonds is 5. The Morgan fingerprint density at radius 2 is 2.17 bits per heavy atom. The monoisotopic (exact) mass is 250 g/mol. The molecule has 0 unspecified atom stereocenters. The fourth-order valence-corrected chi connectivity index (χ4v) is 1.73. The molecule has 4 nitrogen and oxygen atoms in total. The number of ether oxygens (including phenoxy) is 1. The van der Waals surface area contributed by atoms with Crippen LogP contribution in [0.2, 0.25) is 0 Å². The summed E-state index contributed by atoms with van der Waals surface area (Å²) in [7, 11) is 3.39. The van der Waals surface area contributed by atoms with Crippen LogP contribution in [0.25, 0.3) is 0 Å². The highest BCUT2D eigenvalue weighted by atomic mass is 16.5. The minimum absolute atomic E-state index is 0.101. The van der Waals surface area contributed by atoms with E-state index in [-0.39, 0.29) is 6.03 Å². The van der Waals surface area contributed by atoms with E-state index in [1.165, 1.54) is 0 Å². The number of carbonyl (C=O) groups excluding carboxylic acids is 1. The second kappa shape index (κ2) is 7.01. The van der Waals surface area contributed by atoms with Gasteiger partial charge in [0.1, 0.15) is 0 Å². The van der Waals surface area contributed by atoms with E-state index in [0.717, 1.165) is 23.2 Å². The number of carbonyl (C=O) groups is 1. The Morgan fingerprint density at radius 1 is 1.44 bits per heavy atom. The third-order valence-electron chi connectivity index (χ3n) is 2.95. The van der Waals surface area contributed by atoms with E-state index >= 15 is 0 Å². The smallest absolute Gasteiger partial charge is 0.321 e. The van der Waals surface area contributed by atoms with Gasteiger partial charge < -0.3 is 15.0 Å². The van der Waals surface area contributed by atoms with Crippen molar-refractivity contribution in [3.63, 3.8) is 0 Å². The summed E-state index contributed by atoms with van der Waals surface area (Å²) in [5.41, 5.74) is 3.17. The van der Waals surface area contributed by atoms with Crippen LogP contribution >= 0.6 is 0 Å². The lowest BCUT2D eigenvalue weighted by Crippen LogP contribution is -2.34. The number of anilines is 1. The molecule has 1 aromatic carbocycles. The average Bonchev–Trinajstić information content (AvgIpc) is 2.38. The number of methoxy groups -OCH3 is 1. The van der Waals surface area contributed by atoms with Crippen LogP contribution in [0.3, 0.4) is 0 Å². The van der Waals surface area contributed by atoms with Crippen LogP contribution in [0, 0.1) is 6.92 Å². The van der Waals surface area contributed by atoms with Gasteiger partial charge in [-0.15, -0.1) is 0 Å². The third kappa shape index (κ3) is 3.74. The zero-order valence-corrected chi connectivity index (χ0v) is 11.6. The average molecular weight is 250 g/mol. The Bertz CT molecular complexity index is 405. The second-order valence-corrected chi connectivity index (χ2v) is 4.31. The van der Waals surface area contributed by atoms with E-state index in [1.807, 2.05) is 25.1 Å². The third-order valence-corrected chi connectivity index (χ3v) is 2.95. The van der Waals surface area contributed by atoms with Crippen molar-refractivity contribution in [1.82, 2.24) is 4.90 Å². The molecule has 0 aromatic heterocycles. The highest BCUT2D eigenvalue weighted by molar-refractivity contribution is 5.90.